The van der Waals surface area contributed by atoms with E-state index in [4.69, 9.17) is 0 Å². The summed E-state index contributed by atoms with van der Waals surface area (Å²) in [7, 11) is 0. The monoisotopic (exact) mass is 323 g/mol. The van der Waals surface area contributed by atoms with Crippen molar-refractivity contribution >= 4 is 11.6 Å². The Morgan fingerprint density at radius 3 is 2.67 bits per heavy atom. The molecule has 0 bridgehead atoms. The van der Waals surface area contributed by atoms with E-state index in [0.717, 1.165) is 31.5 Å². The third-order valence-electron chi connectivity index (χ3n) is 4.52. The van der Waals surface area contributed by atoms with Crippen molar-refractivity contribution in [2.24, 2.45) is 0 Å². The molecule has 4 heteroatoms. The first-order valence-corrected chi connectivity index (χ1v) is 8.86. The minimum Gasteiger partial charge on any atom is -0.385 e. The fourth-order valence-corrected chi connectivity index (χ4v) is 3.17. The van der Waals surface area contributed by atoms with Crippen LogP contribution in [0.15, 0.2) is 48.7 Å². The van der Waals surface area contributed by atoms with Gasteiger partial charge < -0.3 is 10.6 Å². The number of aromatic nitrogens is 1. The van der Waals surface area contributed by atoms with E-state index in [0.29, 0.717) is 11.7 Å². The summed E-state index contributed by atoms with van der Waals surface area (Å²) in [6, 6.07) is 14.4. The summed E-state index contributed by atoms with van der Waals surface area (Å²) in [4.78, 5) is 16.6. The highest BCUT2D eigenvalue weighted by atomic mass is 16.1. The molecule has 1 aliphatic carbocycles. The van der Waals surface area contributed by atoms with E-state index in [1.165, 1.54) is 24.8 Å². The number of anilines is 1. The smallest absolute Gasteiger partial charge is 0.270 e. The predicted octanol–water partition coefficient (Wildman–Crippen LogP) is 3.80. The van der Waals surface area contributed by atoms with Crippen LogP contribution in [0.25, 0.3) is 0 Å². The first-order chi connectivity index (χ1) is 11.8. The molecule has 2 N–H and O–H groups in total. The molecule has 0 aliphatic heterocycles. The molecule has 1 aromatic carbocycles. The Morgan fingerprint density at radius 2 is 1.88 bits per heavy atom. The highest BCUT2D eigenvalue weighted by Crippen LogP contribution is 2.18. The van der Waals surface area contributed by atoms with Gasteiger partial charge >= 0.3 is 0 Å². The van der Waals surface area contributed by atoms with Crippen LogP contribution in [0.3, 0.4) is 0 Å². The van der Waals surface area contributed by atoms with Gasteiger partial charge in [-0.15, -0.1) is 0 Å². The third kappa shape index (κ3) is 4.82. The molecule has 1 amide bonds. The van der Waals surface area contributed by atoms with E-state index in [1.54, 1.807) is 6.20 Å². The zero-order valence-corrected chi connectivity index (χ0v) is 14.0. The lowest BCUT2D eigenvalue weighted by Gasteiger charge is -2.22. The Hall–Kier alpha value is -2.36. The number of hydrogen-bond acceptors (Lipinski definition) is 3. The van der Waals surface area contributed by atoms with Crippen LogP contribution in [0.1, 0.15) is 48.2 Å². The summed E-state index contributed by atoms with van der Waals surface area (Å²) in [5.41, 5.74) is 2.73. The van der Waals surface area contributed by atoms with E-state index < -0.39 is 0 Å². The Balaban J connectivity index is 1.52. The second-order valence-electron chi connectivity index (χ2n) is 6.40. The topological polar surface area (TPSA) is 54.0 Å². The second-order valence-corrected chi connectivity index (χ2v) is 6.40. The van der Waals surface area contributed by atoms with Crippen molar-refractivity contribution in [3.8, 4) is 0 Å². The summed E-state index contributed by atoms with van der Waals surface area (Å²) in [6.45, 7) is 0.831. The Kier molecular flexibility index (Phi) is 5.83. The quantitative estimate of drug-likeness (QED) is 0.850. The van der Waals surface area contributed by atoms with Gasteiger partial charge in [0.1, 0.15) is 5.69 Å². The minimum atomic E-state index is -0.0615. The molecule has 2 aromatic rings. The molecule has 24 heavy (non-hydrogen) atoms. The SMILES string of the molecule is O=C(NC1CCCCC1)c1cc(NCCc2ccccc2)ccn1. The Morgan fingerprint density at radius 1 is 1.08 bits per heavy atom. The molecule has 0 atom stereocenters. The lowest BCUT2D eigenvalue weighted by atomic mass is 9.95. The number of nitrogens with one attached hydrogen (secondary N) is 2. The fraction of sp³-hybridized carbons (Fsp3) is 0.400. The van der Waals surface area contributed by atoms with Crippen LogP contribution in [-0.4, -0.2) is 23.5 Å². The Bertz CT molecular complexity index is 651. The zero-order valence-electron chi connectivity index (χ0n) is 14.0. The average Bonchev–Trinajstić information content (AvgIpc) is 2.64. The molecule has 4 nitrogen and oxygen atoms in total. The summed E-state index contributed by atoms with van der Waals surface area (Å²) in [5.74, 6) is -0.0615. The van der Waals surface area contributed by atoms with Crippen LogP contribution in [0.2, 0.25) is 0 Å². The van der Waals surface area contributed by atoms with Gasteiger partial charge in [0, 0.05) is 24.5 Å². The standard InChI is InChI=1S/C20H25N3O/c24-20(23-17-9-5-2-6-10-17)19-15-18(12-14-22-19)21-13-11-16-7-3-1-4-8-16/h1,3-4,7-8,12,14-15,17H,2,5-6,9-11,13H2,(H,21,22)(H,23,24). The number of nitrogens with zero attached hydrogens (tertiary/aromatic N) is 1. The highest BCUT2D eigenvalue weighted by Gasteiger charge is 2.17. The largest absolute Gasteiger partial charge is 0.385 e. The molecule has 3 rings (SSSR count). The summed E-state index contributed by atoms with van der Waals surface area (Å²) in [6.07, 6.45) is 8.51. The molecule has 1 saturated carbocycles. The second kappa shape index (κ2) is 8.48. The van der Waals surface area contributed by atoms with Gasteiger partial charge in [-0.05, 0) is 37.0 Å². The van der Waals surface area contributed by atoms with E-state index >= 15 is 0 Å². The maximum atomic E-state index is 12.4. The number of amides is 1. The van der Waals surface area contributed by atoms with Crippen molar-refractivity contribution in [2.45, 2.75) is 44.6 Å². The third-order valence-corrected chi connectivity index (χ3v) is 4.52. The van der Waals surface area contributed by atoms with E-state index in [2.05, 4.69) is 39.9 Å². The van der Waals surface area contributed by atoms with Gasteiger partial charge in [-0.25, -0.2) is 0 Å². The van der Waals surface area contributed by atoms with Crippen LogP contribution in [0.5, 0.6) is 0 Å². The number of carbonyl (C=O) groups excluding carboxylic acids is 1. The summed E-state index contributed by atoms with van der Waals surface area (Å²) >= 11 is 0. The van der Waals surface area contributed by atoms with E-state index in [1.807, 2.05) is 18.2 Å². The van der Waals surface area contributed by atoms with Gasteiger partial charge in [0.25, 0.3) is 5.91 Å². The lowest BCUT2D eigenvalue weighted by Crippen LogP contribution is -2.36. The molecule has 0 radical (unpaired) electrons. The molecular formula is C20H25N3O. The first-order valence-electron chi connectivity index (χ1n) is 8.86. The normalized spacial score (nSPS) is 15.0. The van der Waals surface area contributed by atoms with Crippen molar-refractivity contribution in [3.63, 3.8) is 0 Å². The fourth-order valence-electron chi connectivity index (χ4n) is 3.17. The van der Waals surface area contributed by atoms with Crippen molar-refractivity contribution in [3.05, 3.63) is 59.9 Å². The zero-order chi connectivity index (χ0) is 16.6. The molecule has 126 valence electrons. The molecule has 0 spiro atoms. The number of rotatable bonds is 6. The number of benzene rings is 1. The molecule has 1 aliphatic rings. The first kappa shape index (κ1) is 16.5. The van der Waals surface area contributed by atoms with Crippen LogP contribution in [0, 0.1) is 0 Å². The number of carbonyl (C=O) groups is 1. The van der Waals surface area contributed by atoms with Gasteiger partial charge in [-0.2, -0.15) is 0 Å². The minimum absolute atomic E-state index is 0.0615. The van der Waals surface area contributed by atoms with E-state index in [9.17, 15) is 4.79 Å². The van der Waals surface area contributed by atoms with Crippen LogP contribution < -0.4 is 10.6 Å². The van der Waals surface area contributed by atoms with Crippen molar-refractivity contribution in [2.75, 3.05) is 11.9 Å². The van der Waals surface area contributed by atoms with Crippen molar-refractivity contribution in [1.29, 1.82) is 0 Å². The molecular weight excluding hydrogens is 298 g/mol. The molecule has 1 aromatic heterocycles. The summed E-state index contributed by atoms with van der Waals surface area (Å²) < 4.78 is 0. The Labute approximate surface area is 143 Å². The molecule has 0 saturated heterocycles. The van der Waals surface area contributed by atoms with Gasteiger partial charge in [0.2, 0.25) is 0 Å². The predicted molar refractivity (Wildman–Crippen MR) is 97.2 cm³/mol. The van der Waals surface area contributed by atoms with Gasteiger partial charge in [0.05, 0.1) is 0 Å². The van der Waals surface area contributed by atoms with Crippen molar-refractivity contribution < 1.29 is 4.79 Å². The summed E-state index contributed by atoms with van der Waals surface area (Å²) in [5, 5.41) is 6.49. The maximum absolute atomic E-state index is 12.4. The molecule has 1 fully saturated rings. The molecule has 0 unspecified atom stereocenters. The van der Waals surface area contributed by atoms with E-state index in [-0.39, 0.29) is 5.91 Å². The number of hydrogen-bond donors (Lipinski definition) is 2. The lowest BCUT2D eigenvalue weighted by molar-refractivity contribution is 0.0922. The maximum Gasteiger partial charge on any atom is 0.270 e. The molecule has 1 heterocycles. The van der Waals surface area contributed by atoms with Crippen molar-refractivity contribution in [1.82, 2.24) is 10.3 Å². The van der Waals surface area contributed by atoms with Gasteiger partial charge in [-0.1, -0.05) is 49.6 Å². The number of pyridine rings is 1. The van der Waals surface area contributed by atoms with Crippen LogP contribution >= 0.6 is 0 Å². The van der Waals surface area contributed by atoms with Crippen LogP contribution in [-0.2, 0) is 6.42 Å². The van der Waals surface area contributed by atoms with Gasteiger partial charge in [-0.3, -0.25) is 9.78 Å². The average molecular weight is 323 g/mol. The van der Waals surface area contributed by atoms with Crippen LogP contribution in [0.4, 0.5) is 5.69 Å². The van der Waals surface area contributed by atoms with Gasteiger partial charge in [0.15, 0.2) is 0 Å². The highest BCUT2D eigenvalue weighted by molar-refractivity contribution is 5.93.